The van der Waals surface area contributed by atoms with Gasteiger partial charge in [0.2, 0.25) is 0 Å². The van der Waals surface area contributed by atoms with E-state index < -0.39 is 0 Å². The van der Waals surface area contributed by atoms with Gasteiger partial charge in [0, 0.05) is 16.2 Å². The van der Waals surface area contributed by atoms with Crippen LogP contribution in [-0.2, 0) is 0 Å². The Morgan fingerprint density at radius 1 is 0.935 bits per heavy atom. The third-order valence-electron chi connectivity index (χ3n) is 4.09. The van der Waals surface area contributed by atoms with Gasteiger partial charge in [0.25, 0.3) is 5.91 Å². The summed E-state index contributed by atoms with van der Waals surface area (Å²) in [6.45, 7) is 0.812. The standard InChI is InChI=1S/C23H21BrN2O4S/c1-28-21-11-10-16(24)14-20(21)22(27)26-23(31)25-17-6-5-9-19(15-17)30-13-12-29-18-7-3-2-4-8-18/h2-11,14-15H,12-13H2,1H3,(H2,25,26,27,31). The molecule has 0 saturated carbocycles. The lowest BCUT2D eigenvalue weighted by atomic mass is 10.2. The fourth-order valence-corrected chi connectivity index (χ4v) is 3.26. The SMILES string of the molecule is COc1ccc(Br)cc1C(=O)NC(=S)Nc1cccc(OCCOc2ccccc2)c1. The Balaban J connectivity index is 1.51. The van der Waals surface area contributed by atoms with Gasteiger partial charge in [-0.25, -0.2) is 0 Å². The molecule has 0 saturated heterocycles. The summed E-state index contributed by atoms with van der Waals surface area (Å²) in [6, 6.07) is 22.0. The number of anilines is 1. The Morgan fingerprint density at radius 2 is 1.65 bits per heavy atom. The quantitative estimate of drug-likeness (QED) is 0.333. The van der Waals surface area contributed by atoms with E-state index in [1.807, 2.05) is 48.5 Å². The molecule has 3 aromatic carbocycles. The number of benzene rings is 3. The number of rotatable bonds is 8. The van der Waals surface area contributed by atoms with Crippen molar-refractivity contribution in [2.24, 2.45) is 0 Å². The van der Waals surface area contributed by atoms with Crippen molar-refractivity contribution in [2.45, 2.75) is 0 Å². The van der Waals surface area contributed by atoms with E-state index >= 15 is 0 Å². The van der Waals surface area contributed by atoms with Gasteiger partial charge >= 0.3 is 0 Å². The van der Waals surface area contributed by atoms with E-state index in [0.717, 1.165) is 10.2 Å². The van der Waals surface area contributed by atoms with E-state index in [-0.39, 0.29) is 11.0 Å². The zero-order chi connectivity index (χ0) is 22.1. The Hall–Kier alpha value is -3.10. The fourth-order valence-electron chi connectivity index (χ4n) is 2.69. The van der Waals surface area contributed by atoms with E-state index in [9.17, 15) is 4.79 Å². The number of hydrogen-bond donors (Lipinski definition) is 2. The van der Waals surface area contributed by atoms with Crippen LogP contribution in [0, 0.1) is 0 Å². The number of ether oxygens (including phenoxy) is 3. The van der Waals surface area contributed by atoms with Crippen molar-refractivity contribution in [1.29, 1.82) is 0 Å². The average molecular weight is 501 g/mol. The maximum atomic E-state index is 12.6. The van der Waals surface area contributed by atoms with Crippen LogP contribution in [0.4, 0.5) is 5.69 Å². The Labute approximate surface area is 194 Å². The molecule has 1 amide bonds. The van der Waals surface area contributed by atoms with Crippen LogP contribution in [0.15, 0.2) is 77.3 Å². The molecule has 0 heterocycles. The minimum absolute atomic E-state index is 0.164. The first-order chi connectivity index (χ1) is 15.0. The predicted octanol–water partition coefficient (Wildman–Crippen LogP) is 5.04. The van der Waals surface area contributed by atoms with Gasteiger partial charge in [-0.15, -0.1) is 0 Å². The van der Waals surface area contributed by atoms with Gasteiger partial charge in [-0.1, -0.05) is 40.2 Å². The first-order valence-corrected chi connectivity index (χ1v) is 10.6. The molecule has 0 aliphatic heterocycles. The van der Waals surface area contributed by atoms with Gasteiger partial charge in [0.05, 0.1) is 12.7 Å². The summed E-state index contributed by atoms with van der Waals surface area (Å²) >= 11 is 8.63. The summed E-state index contributed by atoms with van der Waals surface area (Å²) < 4.78 is 17.3. The smallest absolute Gasteiger partial charge is 0.261 e. The molecule has 0 spiro atoms. The molecule has 0 radical (unpaired) electrons. The highest BCUT2D eigenvalue weighted by Crippen LogP contribution is 2.23. The van der Waals surface area contributed by atoms with Crippen molar-refractivity contribution in [3.05, 3.63) is 82.8 Å². The fraction of sp³-hybridized carbons (Fsp3) is 0.130. The largest absolute Gasteiger partial charge is 0.496 e. The first-order valence-electron chi connectivity index (χ1n) is 9.42. The number of para-hydroxylation sites is 1. The highest BCUT2D eigenvalue weighted by atomic mass is 79.9. The Bertz CT molecular complexity index is 1050. The second-order valence-corrected chi connectivity index (χ2v) is 7.61. The second-order valence-electron chi connectivity index (χ2n) is 6.29. The van der Waals surface area contributed by atoms with E-state index in [4.69, 9.17) is 26.4 Å². The van der Waals surface area contributed by atoms with Crippen molar-refractivity contribution < 1.29 is 19.0 Å². The van der Waals surface area contributed by atoms with Gasteiger partial charge in [0.15, 0.2) is 5.11 Å². The number of halogens is 1. The molecule has 0 bridgehead atoms. The van der Waals surface area contributed by atoms with Crippen LogP contribution < -0.4 is 24.8 Å². The van der Waals surface area contributed by atoms with Crippen molar-refractivity contribution in [2.75, 3.05) is 25.6 Å². The van der Waals surface area contributed by atoms with Crippen molar-refractivity contribution in [1.82, 2.24) is 5.32 Å². The number of carbonyl (C=O) groups is 1. The van der Waals surface area contributed by atoms with Gasteiger partial charge in [0.1, 0.15) is 30.5 Å². The van der Waals surface area contributed by atoms with Crippen LogP contribution in [0.5, 0.6) is 17.2 Å². The summed E-state index contributed by atoms with van der Waals surface area (Å²) in [5.74, 6) is 1.53. The zero-order valence-corrected chi connectivity index (χ0v) is 19.2. The monoisotopic (exact) mass is 500 g/mol. The summed E-state index contributed by atoms with van der Waals surface area (Å²) in [4.78, 5) is 12.6. The van der Waals surface area contributed by atoms with Gasteiger partial charge in [-0.3, -0.25) is 10.1 Å². The van der Waals surface area contributed by atoms with Gasteiger partial charge < -0.3 is 19.5 Å². The molecular formula is C23H21BrN2O4S. The normalized spacial score (nSPS) is 10.1. The lowest BCUT2D eigenvalue weighted by Crippen LogP contribution is -2.34. The van der Waals surface area contributed by atoms with Crippen LogP contribution >= 0.6 is 28.1 Å². The predicted molar refractivity (Wildman–Crippen MR) is 128 cm³/mol. The topological polar surface area (TPSA) is 68.8 Å². The molecule has 3 rings (SSSR count). The molecule has 160 valence electrons. The summed E-state index contributed by atoms with van der Waals surface area (Å²) in [6.07, 6.45) is 0. The van der Waals surface area contributed by atoms with E-state index in [0.29, 0.717) is 36.0 Å². The molecular weight excluding hydrogens is 480 g/mol. The van der Waals surface area contributed by atoms with Crippen molar-refractivity contribution in [3.8, 4) is 17.2 Å². The van der Waals surface area contributed by atoms with Crippen molar-refractivity contribution in [3.63, 3.8) is 0 Å². The van der Waals surface area contributed by atoms with Gasteiger partial charge in [-0.2, -0.15) is 0 Å². The molecule has 8 heteroatoms. The lowest BCUT2D eigenvalue weighted by molar-refractivity contribution is 0.0974. The van der Waals surface area contributed by atoms with Crippen molar-refractivity contribution >= 4 is 44.9 Å². The van der Waals surface area contributed by atoms with Crippen LogP contribution in [0.2, 0.25) is 0 Å². The highest BCUT2D eigenvalue weighted by molar-refractivity contribution is 9.10. The summed E-state index contributed by atoms with van der Waals surface area (Å²) in [7, 11) is 1.51. The molecule has 6 nitrogen and oxygen atoms in total. The lowest BCUT2D eigenvalue weighted by Gasteiger charge is -2.13. The van der Waals surface area contributed by atoms with Crippen LogP contribution in [0.25, 0.3) is 0 Å². The van der Waals surface area contributed by atoms with Crippen LogP contribution in [0.1, 0.15) is 10.4 Å². The molecule has 0 fully saturated rings. The number of amides is 1. The number of carbonyl (C=O) groups excluding carboxylic acids is 1. The van der Waals surface area contributed by atoms with E-state index in [2.05, 4.69) is 26.6 Å². The molecule has 0 aromatic heterocycles. The number of thiocarbonyl (C=S) groups is 1. The first kappa shape index (κ1) is 22.6. The molecule has 2 N–H and O–H groups in total. The Morgan fingerprint density at radius 3 is 2.39 bits per heavy atom. The third-order valence-corrected chi connectivity index (χ3v) is 4.79. The average Bonchev–Trinajstić information content (AvgIpc) is 2.77. The maximum Gasteiger partial charge on any atom is 0.261 e. The van der Waals surface area contributed by atoms with Gasteiger partial charge in [-0.05, 0) is 54.7 Å². The second kappa shape index (κ2) is 11.3. The van der Waals surface area contributed by atoms with Crippen LogP contribution in [-0.4, -0.2) is 31.3 Å². The zero-order valence-electron chi connectivity index (χ0n) is 16.8. The highest BCUT2D eigenvalue weighted by Gasteiger charge is 2.14. The molecule has 0 atom stereocenters. The molecule has 31 heavy (non-hydrogen) atoms. The molecule has 0 aliphatic rings. The Kier molecular flexibility index (Phi) is 8.26. The minimum atomic E-state index is -0.374. The van der Waals surface area contributed by atoms with E-state index in [1.54, 1.807) is 24.3 Å². The van der Waals surface area contributed by atoms with E-state index in [1.165, 1.54) is 7.11 Å². The van der Waals surface area contributed by atoms with Crippen LogP contribution in [0.3, 0.4) is 0 Å². The number of methoxy groups -OCH3 is 1. The number of nitrogens with one attached hydrogen (secondary N) is 2. The minimum Gasteiger partial charge on any atom is -0.496 e. The molecule has 3 aromatic rings. The number of hydrogen-bond acceptors (Lipinski definition) is 5. The summed E-state index contributed by atoms with van der Waals surface area (Å²) in [5.41, 5.74) is 1.06. The maximum absolute atomic E-state index is 12.6. The summed E-state index contributed by atoms with van der Waals surface area (Å²) in [5, 5.41) is 5.81. The molecule has 0 unspecified atom stereocenters. The third kappa shape index (κ3) is 6.97. The molecule has 0 aliphatic carbocycles.